The number of rotatable bonds is 4. The van der Waals surface area contributed by atoms with Gasteiger partial charge in [-0.05, 0) is 50.2 Å². The average Bonchev–Trinajstić information content (AvgIpc) is 3.33. The lowest BCUT2D eigenvalue weighted by molar-refractivity contribution is 0.351. The van der Waals surface area contributed by atoms with Gasteiger partial charge in [-0.3, -0.25) is 14.3 Å². The van der Waals surface area contributed by atoms with Crippen molar-refractivity contribution in [1.29, 1.82) is 0 Å². The van der Waals surface area contributed by atoms with Crippen LogP contribution in [0.4, 0.5) is 5.13 Å². The van der Waals surface area contributed by atoms with Gasteiger partial charge in [0, 0.05) is 48.5 Å². The summed E-state index contributed by atoms with van der Waals surface area (Å²) in [6.07, 6.45) is 10.9. The van der Waals surface area contributed by atoms with Crippen molar-refractivity contribution in [2.24, 2.45) is 5.92 Å². The molecule has 0 N–H and O–H groups in total. The van der Waals surface area contributed by atoms with Gasteiger partial charge < -0.3 is 4.90 Å². The molecule has 0 radical (unpaired) electrons. The van der Waals surface area contributed by atoms with Crippen LogP contribution in [0.25, 0.3) is 11.3 Å². The van der Waals surface area contributed by atoms with E-state index in [1.165, 1.54) is 28.5 Å². The maximum Gasteiger partial charge on any atom is 0.253 e. The number of hydrogen-bond acceptors (Lipinski definition) is 6. The highest BCUT2D eigenvalue weighted by Crippen LogP contribution is 2.34. The Morgan fingerprint density at radius 2 is 1.96 bits per heavy atom. The summed E-state index contributed by atoms with van der Waals surface area (Å²) in [4.78, 5) is 29.8. The van der Waals surface area contributed by atoms with Crippen molar-refractivity contribution in [1.82, 2.24) is 19.5 Å². The highest BCUT2D eigenvalue weighted by molar-refractivity contribution is 7.15. The molecular weight excluding hydrogens is 370 g/mol. The van der Waals surface area contributed by atoms with E-state index in [4.69, 9.17) is 4.98 Å². The van der Waals surface area contributed by atoms with Crippen LogP contribution < -0.4 is 10.5 Å². The van der Waals surface area contributed by atoms with Gasteiger partial charge in [0.15, 0.2) is 5.13 Å². The van der Waals surface area contributed by atoms with Crippen LogP contribution in [-0.4, -0.2) is 32.6 Å². The molecule has 7 heteroatoms. The summed E-state index contributed by atoms with van der Waals surface area (Å²) in [5, 5.41) is 1.20. The van der Waals surface area contributed by atoms with Gasteiger partial charge in [-0.15, -0.1) is 11.3 Å². The molecule has 6 nitrogen and oxygen atoms in total. The van der Waals surface area contributed by atoms with E-state index in [1.807, 2.05) is 23.5 Å². The first-order valence-corrected chi connectivity index (χ1v) is 10.8. The van der Waals surface area contributed by atoms with Crippen LogP contribution in [-0.2, 0) is 19.4 Å². The molecule has 0 atom stereocenters. The van der Waals surface area contributed by atoms with Gasteiger partial charge >= 0.3 is 0 Å². The number of nitrogens with zero attached hydrogens (tertiary/aromatic N) is 5. The van der Waals surface area contributed by atoms with E-state index in [-0.39, 0.29) is 5.56 Å². The molecule has 0 spiro atoms. The van der Waals surface area contributed by atoms with E-state index in [0.29, 0.717) is 11.6 Å². The van der Waals surface area contributed by atoms with Gasteiger partial charge in [-0.2, -0.15) is 0 Å². The molecule has 3 aromatic rings. The molecule has 0 saturated carbocycles. The van der Waals surface area contributed by atoms with E-state index in [1.54, 1.807) is 29.4 Å². The smallest absolute Gasteiger partial charge is 0.253 e. The fourth-order valence-electron chi connectivity index (χ4n) is 4.14. The van der Waals surface area contributed by atoms with Crippen molar-refractivity contribution < 1.29 is 0 Å². The lowest BCUT2D eigenvalue weighted by Gasteiger charge is -2.32. The third-order valence-electron chi connectivity index (χ3n) is 5.78. The van der Waals surface area contributed by atoms with Crippen LogP contribution in [0.2, 0.25) is 0 Å². The molecule has 2 aliphatic rings. The molecule has 5 rings (SSSR count). The predicted molar refractivity (Wildman–Crippen MR) is 111 cm³/mol. The minimum absolute atomic E-state index is 0.0144. The lowest BCUT2D eigenvalue weighted by Crippen LogP contribution is -2.36. The average molecular weight is 394 g/mol. The van der Waals surface area contributed by atoms with Gasteiger partial charge in [-0.25, -0.2) is 9.97 Å². The SMILES string of the molecule is O=c1cc(-c2ccncc2)ncn1CC1CCN(c2nc3c(s2)CCC3)CC1. The maximum absolute atomic E-state index is 12.5. The van der Waals surface area contributed by atoms with Gasteiger partial charge in [0.05, 0.1) is 17.7 Å². The van der Waals surface area contributed by atoms with Crippen LogP contribution in [0.1, 0.15) is 29.8 Å². The monoisotopic (exact) mass is 393 g/mol. The number of aryl methyl sites for hydroxylation is 2. The third kappa shape index (κ3) is 3.46. The predicted octanol–water partition coefficient (Wildman–Crippen LogP) is 3.17. The molecule has 1 fully saturated rings. The molecule has 0 amide bonds. The van der Waals surface area contributed by atoms with E-state index in [9.17, 15) is 4.79 Å². The van der Waals surface area contributed by atoms with Gasteiger partial charge in [-0.1, -0.05) is 0 Å². The fraction of sp³-hybridized carbons (Fsp3) is 0.429. The fourth-order valence-corrected chi connectivity index (χ4v) is 5.34. The molecule has 0 unspecified atom stereocenters. The summed E-state index contributed by atoms with van der Waals surface area (Å²) in [5.74, 6) is 0.509. The number of thiazole rings is 1. The van der Waals surface area contributed by atoms with Crippen LogP contribution >= 0.6 is 11.3 Å². The summed E-state index contributed by atoms with van der Waals surface area (Å²) >= 11 is 1.88. The van der Waals surface area contributed by atoms with E-state index < -0.39 is 0 Å². The van der Waals surface area contributed by atoms with Crippen LogP contribution in [0.15, 0.2) is 41.7 Å². The number of piperidine rings is 1. The van der Waals surface area contributed by atoms with Crippen LogP contribution in [0.5, 0.6) is 0 Å². The Morgan fingerprint density at radius 1 is 1.14 bits per heavy atom. The Bertz CT molecular complexity index is 999. The number of fused-ring (bicyclic) bond motifs is 1. The van der Waals surface area contributed by atoms with Gasteiger partial charge in [0.25, 0.3) is 5.56 Å². The number of hydrogen-bond donors (Lipinski definition) is 0. The Labute approximate surface area is 167 Å². The molecule has 144 valence electrons. The van der Waals surface area contributed by atoms with Crippen LogP contribution in [0.3, 0.4) is 0 Å². The first-order valence-electron chi connectivity index (χ1n) is 9.97. The minimum Gasteiger partial charge on any atom is -0.348 e. The Kier molecular flexibility index (Phi) is 4.68. The number of aromatic nitrogens is 4. The molecule has 0 bridgehead atoms. The van der Waals surface area contributed by atoms with Crippen LogP contribution in [0, 0.1) is 5.92 Å². The van der Waals surface area contributed by atoms with E-state index >= 15 is 0 Å². The standard InChI is InChI=1S/C21H23N5OS/c27-20-12-18(16-4-8-22-9-5-16)23-14-26(20)13-15-6-10-25(11-7-15)21-24-17-2-1-3-19(17)28-21/h4-5,8-9,12,14-15H,1-3,6-7,10-11,13H2. The molecule has 4 heterocycles. The Balaban J connectivity index is 1.22. The molecule has 1 aliphatic carbocycles. The van der Waals surface area contributed by atoms with Crippen molar-refractivity contribution in [3.05, 3.63) is 57.8 Å². The first kappa shape index (κ1) is 17.6. The maximum atomic E-state index is 12.5. The second-order valence-corrected chi connectivity index (χ2v) is 8.71. The number of anilines is 1. The molecule has 28 heavy (non-hydrogen) atoms. The molecule has 0 aromatic carbocycles. The summed E-state index contributed by atoms with van der Waals surface area (Å²) in [7, 11) is 0. The van der Waals surface area contributed by atoms with Crippen molar-refractivity contribution in [2.45, 2.75) is 38.6 Å². The van der Waals surface area contributed by atoms with Crippen molar-refractivity contribution in [3.8, 4) is 11.3 Å². The molecular formula is C21H23N5OS. The van der Waals surface area contributed by atoms with Crippen molar-refractivity contribution in [2.75, 3.05) is 18.0 Å². The van der Waals surface area contributed by atoms with Gasteiger partial charge in [0.1, 0.15) is 0 Å². The Morgan fingerprint density at radius 3 is 2.71 bits per heavy atom. The number of pyridine rings is 1. The zero-order valence-corrected chi connectivity index (χ0v) is 16.6. The molecule has 1 aliphatic heterocycles. The largest absolute Gasteiger partial charge is 0.348 e. The lowest BCUT2D eigenvalue weighted by atomic mass is 9.97. The minimum atomic E-state index is 0.0144. The summed E-state index contributed by atoms with van der Waals surface area (Å²) in [5.41, 5.74) is 2.97. The zero-order valence-electron chi connectivity index (χ0n) is 15.8. The highest BCUT2D eigenvalue weighted by Gasteiger charge is 2.24. The van der Waals surface area contributed by atoms with Gasteiger partial charge in [0.2, 0.25) is 0 Å². The highest BCUT2D eigenvalue weighted by atomic mass is 32.1. The van der Waals surface area contributed by atoms with E-state index in [2.05, 4.69) is 14.9 Å². The molecule has 1 saturated heterocycles. The summed E-state index contributed by atoms with van der Waals surface area (Å²) < 4.78 is 1.75. The normalized spacial score (nSPS) is 17.1. The third-order valence-corrected chi connectivity index (χ3v) is 7.00. The first-order chi connectivity index (χ1) is 13.8. The van der Waals surface area contributed by atoms with Crippen molar-refractivity contribution >= 4 is 16.5 Å². The van der Waals surface area contributed by atoms with E-state index in [0.717, 1.165) is 44.5 Å². The summed E-state index contributed by atoms with van der Waals surface area (Å²) in [6, 6.07) is 5.37. The van der Waals surface area contributed by atoms with Crippen molar-refractivity contribution in [3.63, 3.8) is 0 Å². The topological polar surface area (TPSA) is 63.9 Å². The Hall–Kier alpha value is -2.54. The second-order valence-electron chi connectivity index (χ2n) is 7.65. The molecule has 3 aromatic heterocycles. The summed E-state index contributed by atoms with van der Waals surface area (Å²) in [6.45, 7) is 2.79. The quantitative estimate of drug-likeness (QED) is 0.681. The zero-order chi connectivity index (χ0) is 18.9. The second kappa shape index (κ2) is 7.47.